The number of hydrogen-bond donors (Lipinski definition) is 3. The predicted molar refractivity (Wildman–Crippen MR) is 95.7 cm³/mol. The molecule has 0 aromatic rings. The van der Waals surface area contributed by atoms with E-state index in [-0.39, 0.29) is 35.8 Å². The maximum Gasteiger partial charge on any atom is 0.211 e. The van der Waals surface area contributed by atoms with Crippen molar-refractivity contribution in [3.63, 3.8) is 0 Å². The number of halogens is 1. The second kappa shape index (κ2) is 10.6. The van der Waals surface area contributed by atoms with Gasteiger partial charge in [-0.15, -0.1) is 24.0 Å². The molecular weight excluding hydrogens is 407 g/mol. The summed E-state index contributed by atoms with van der Waals surface area (Å²) in [6.45, 7) is 6.75. The maximum atomic E-state index is 11.2. The molecular formula is C12H27IN4O3S. The van der Waals surface area contributed by atoms with Crippen molar-refractivity contribution in [2.75, 3.05) is 38.5 Å². The summed E-state index contributed by atoms with van der Waals surface area (Å²) in [6, 6.07) is 0. The Hall–Kier alpha value is -0.130. The molecule has 1 atom stereocenters. The highest BCUT2D eigenvalue weighted by Gasteiger charge is 2.22. The summed E-state index contributed by atoms with van der Waals surface area (Å²) < 4.78 is 25.0. The third-order valence-corrected chi connectivity index (χ3v) is 4.50. The van der Waals surface area contributed by atoms with Gasteiger partial charge in [0.2, 0.25) is 10.0 Å². The van der Waals surface area contributed by atoms with Crippen LogP contribution < -0.4 is 10.0 Å². The normalized spacial score (nSPS) is 19.5. The Kier molecular flexibility index (Phi) is 10.5. The van der Waals surface area contributed by atoms with E-state index in [1.54, 1.807) is 6.92 Å². The molecule has 0 bridgehead atoms. The van der Waals surface area contributed by atoms with Gasteiger partial charge in [0, 0.05) is 32.7 Å². The second-order valence-electron chi connectivity index (χ2n) is 4.78. The average molecular weight is 434 g/mol. The summed E-state index contributed by atoms with van der Waals surface area (Å²) in [5.74, 6) is 0.896. The van der Waals surface area contributed by atoms with Gasteiger partial charge in [0.05, 0.1) is 11.9 Å². The van der Waals surface area contributed by atoms with Crippen molar-refractivity contribution < 1.29 is 13.5 Å². The van der Waals surface area contributed by atoms with Crippen LogP contribution in [0.25, 0.3) is 0 Å². The standard InChI is InChI=1S/C12H26N4O3S.HI/c1-3-13-12(16-9-6-11(17)10-16)14-7-5-8-15-20(18,19)4-2;/h11,15,17H,3-10H2,1-2H3,(H,13,14);1H/t11-;/m1./s1. The van der Waals surface area contributed by atoms with Gasteiger partial charge in [-0.25, -0.2) is 13.1 Å². The van der Waals surface area contributed by atoms with Crippen molar-refractivity contribution in [2.24, 2.45) is 4.99 Å². The quantitative estimate of drug-likeness (QED) is 0.227. The first-order valence-corrected chi connectivity index (χ1v) is 8.82. The molecule has 21 heavy (non-hydrogen) atoms. The van der Waals surface area contributed by atoms with E-state index in [1.165, 1.54) is 0 Å². The fraction of sp³-hybridized carbons (Fsp3) is 0.917. The number of likely N-dealkylation sites (tertiary alicyclic amines) is 1. The number of nitrogens with one attached hydrogen (secondary N) is 2. The minimum Gasteiger partial charge on any atom is -0.391 e. The average Bonchev–Trinajstić information content (AvgIpc) is 2.83. The first kappa shape index (κ1) is 20.9. The van der Waals surface area contributed by atoms with Gasteiger partial charge in [0.15, 0.2) is 5.96 Å². The zero-order valence-electron chi connectivity index (χ0n) is 12.7. The first-order valence-electron chi connectivity index (χ1n) is 7.17. The SMILES string of the molecule is CCNC(=NCCCNS(=O)(=O)CC)N1CC[C@@H](O)C1.I. The van der Waals surface area contributed by atoms with Gasteiger partial charge in [-0.2, -0.15) is 0 Å². The number of rotatable bonds is 7. The molecule has 1 fully saturated rings. The number of nitrogens with zero attached hydrogens (tertiary/aromatic N) is 2. The lowest BCUT2D eigenvalue weighted by molar-refractivity contribution is 0.188. The van der Waals surface area contributed by atoms with Crippen LogP contribution in [0.15, 0.2) is 4.99 Å². The van der Waals surface area contributed by atoms with Crippen LogP contribution in [0.1, 0.15) is 26.7 Å². The van der Waals surface area contributed by atoms with Crippen molar-refractivity contribution in [3.8, 4) is 0 Å². The van der Waals surface area contributed by atoms with Crippen LogP contribution in [0.3, 0.4) is 0 Å². The monoisotopic (exact) mass is 434 g/mol. The lowest BCUT2D eigenvalue weighted by Crippen LogP contribution is -2.40. The molecule has 0 saturated carbocycles. The summed E-state index contributed by atoms with van der Waals surface area (Å²) >= 11 is 0. The number of guanidine groups is 1. The van der Waals surface area contributed by atoms with E-state index < -0.39 is 10.0 Å². The Labute approximate surface area is 144 Å². The first-order chi connectivity index (χ1) is 9.48. The Balaban J connectivity index is 0.00000400. The topological polar surface area (TPSA) is 94.0 Å². The van der Waals surface area contributed by atoms with E-state index in [9.17, 15) is 13.5 Å². The van der Waals surface area contributed by atoms with Gasteiger partial charge in [-0.1, -0.05) is 0 Å². The molecule has 1 aliphatic heterocycles. The van der Waals surface area contributed by atoms with Crippen LogP contribution in [-0.2, 0) is 10.0 Å². The fourth-order valence-electron chi connectivity index (χ4n) is 1.95. The zero-order chi connectivity index (χ0) is 15.0. The highest BCUT2D eigenvalue weighted by atomic mass is 127. The molecule has 9 heteroatoms. The minimum atomic E-state index is -3.11. The summed E-state index contributed by atoms with van der Waals surface area (Å²) in [4.78, 5) is 6.49. The molecule has 0 amide bonds. The molecule has 0 aliphatic carbocycles. The largest absolute Gasteiger partial charge is 0.391 e. The maximum absolute atomic E-state index is 11.2. The lowest BCUT2D eigenvalue weighted by Gasteiger charge is -2.20. The molecule has 1 saturated heterocycles. The smallest absolute Gasteiger partial charge is 0.211 e. The van der Waals surface area contributed by atoms with Crippen LogP contribution in [0.4, 0.5) is 0 Å². The number of aliphatic hydroxyl groups is 1. The molecule has 0 unspecified atom stereocenters. The van der Waals surface area contributed by atoms with Crippen LogP contribution >= 0.6 is 24.0 Å². The molecule has 0 radical (unpaired) electrons. The Morgan fingerprint density at radius 1 is 1.43 bits per heavy atom. The molecule has 1 heterocycles. The van der Waals surface area contributed by atoms with Gasteiger partial charge < -0.3 is 15.3 Å². The third kappa shape index (κ3) is 8.17. The molecule has 1 rings (SSSR count). The lowest BCUT2D eigenvalue weighted by atomic mass is 10.3. The van der Waals surface area contributed by atoms with E-state index in [4.69, 9.17) is 0 Å². The van der Waals surface area contributed by atoms with Crippen LogP contribution in [0, 0.1) is 0 Å². The molecule has 126 valence electrons. The number of hydrogen-bond acceptors (Lipinski definition) is 4. The fourth-order valence-corrected chi connectivity index (χ4v) is 2.61. The van der Waals surface area contributed by atoms with E-state index in [0.29, 0.717) is 26.1 Å². The number of sulfonamides is 1. The van der Waals surface area contributed by atoms with Gasteiger partial charge in [0.25, 0.3) is 0 Å². The summed E-state index contributed by atoms with van der Waals surface area (Å²) in [5, 5.41) is 12.7. The zero-order valence-corrected chi connectivity index (χ0v) is 15.9. The molecule has 1 aliphatic rings. The van der Waals surface area contributed by atoms with Gasteiger partial charge in [0.1, 0.15) is 0 Å². The molecule has 7 nitrogen and oxygen atoms in total. The Morgan fingerprint density at radius 3 is 2.67 bits per heavy atom. The van der Waals surface area contributed by atoms with E-state index >= 15 is 0 Å². The summed E-state index contributed by atoms with van der Waals surface area (Å²) in [7, 11) is -3.11. The van der Waals surface area contributed by atoms with Gasteiger partial charge >= 0.3 is 0 Å². The molecule has 0 aromatic heterocycles. The van der Waals surface area contributed by atoms with Crippen LogP contribution in [0.5, 0.6) is 0 Å². The highest BCUT2D eigenvalue weighted by molar-refractivity contribution is 14.0. The van der Waals surface area contributed by atoms with Gasteiger partial charge in [-0.05, 0) is 26.7 Å². The third-order valence-electron chi connectivity index (χ3n) is 3.10. The molecule has 3 N–H and O–H groups in total. The number of aliphatic imine (C=N–C) groups is 1. The number of aliphatic hydroxyl groups excluding tert-OH is 1. The summed E-state index contributed by atoms with van der Waals surface area (Å²) in [5.41, 5.74) is 0. The van der Waals surface area contributed by atoms with Crippen LogP contribution in [0.2, 0.25) is 0 Å². The number of β-amino-alcohol motifs (C(OH)–C–C–N with tert-alkyl or cyclic N) is 1. The van der Waals surface area contributed by atoms with E-state index in [1.807, 2.05) is 11.8 Å². The predicted octanol–water partition coefficient (Wildman–Crippen LogP) is -0.0341. The van der Waals surface area contributed by atoms with Crippen molar-refractivity contribution in [3.05, 3.63) is 0 Å². The Morgan fingerprint density at radius 2 is 2.14 bits per heavy atom. The van der Waals surface area contributed by atoms with Crippen molar-refractivity contribution in [1.29, 1.82) is 0 Å². The van der Waals surface area contributed by atoms with Gasteiger partial charge in [-0.3, -0.25) is 4.99 Å². The summed E-state index contributed by atoms with van der Waals surface area (Å²) in [6.07, 6.45) is 1.14. The highest BCUT2D eigenvalue weighted by Crippen LogP contribution is 2.08. The second-order valence-corrected chi connectivity index (χ2v) is 6.87. The van der Waals surface area contributed by atoms with E-state index in [0.717, 1.165) is 25.5 Å². The Bertz CT molecular complexity index is 417. The minimum absolute atomic E-state index is 0. The van der Waals surface area contributed by atoms with Crippen molar-refractivity contribution in [2.45, 2.75) is 32.8 Å². The van der Waals surface area contributed by atoms with E-state index in [2.05, 4.69) is 15.0 Å². The van der Waals surface area contributed by atoms with Crippen molar-refractivity contribution in [1.82, 2.24) is 14.9 Å². The molecule has 0 aromatic carbocycles. The van der Waals surface area contributed by atoms with Crippen LogP contribution in [-0.4, -0.2) is 69.0 Å². The van der Waals surface area contributed by atoms with Crippen molar-refractivity contribution >= 4 is 40.0 Å². The molecule has 0 spiro atoms.